The maximum Gasteiger partial charge on any atom is 0.303 e. The number of rotatable bonds is 6. The van der Waals surface area contributed by atoms with Gasteiger partial charge in [-0.3, -0.25) is 4.79 Å². The first-order chi connectivity index (χ1) is 7.18. The molecule has 6 nitrogen and oxygen atoms in total. The molecule has 1 aromatic heterocycles. The summed E-state index contributed by atoms with van der Waals surface area (Å²) in [6, 6.07) is 0. The minimum atomic E-state index is -0.762. The second-order valence-electron chi connectivity index (χ2n) is 3.38. The van der Waals surface area contributed by atoms with Crippen molar-refractivity contribution in [2.24, 2.45) is 5.92 Å². The van der Waals surface area contributed by atoms with Crippen LogP contribution in [0.5, 0.6) is 0 Å². The minimum absolute atomic E-state index is 0.194. The highest BCUT2D eigenvalue weighted by molar-refractivity contribution is 5.66. The Bertz CT molecular complexity index is 304. The molecule has 1 heterocycles. The molecule has 0 saturated heterocycles. The van der Waals surface area contributed by atoms with Gasteiger partial charge in [0.05, 0.1) is 0 Å². The van der Waals surface area contributed by atoms with Crippen LogP contribution in [0.1, 0.15) is 19.8 Å². The molecule has 1 rings (SSSR count). The normalized spacial score (nSPS) is 12.1. The largest absolute Gasteiger partial charge is 0.481 e. The smallest absolute Gasteiger partial charge is 0.303 e. The number of carboxylic acids is 1. The second-order valence-corrected chi connectivity index (χ2v) is 3.38. The summed E-state index contributed by atoms with van der Waals surface area (Å²) >= 11 is 0. The van der Waals surface area contributed by atoms with Gasteiger partial charge in [-0.25, -0.2) is 15.0 Å². The van der Waals surface area contributed by atoms with Crippen LogP contribution >= 0.6 is 0 Å². The average Bonchev–Trinajstić information content (AvgIpc) is 2.25. The third kappa shape index (κ3) is 4.90. The van der Waals surface area contributed by atoms with E-state index in [1.807, 2.05) is 6.92 Å². The highest BCUT2D eigenvalue weighted by Gasteiger charge is 2.05. The lowest BCUT2D eigenvalue weighted by Crippen LogP contribution is -2.14. The van der Waals surface area contributed by atoms with Crippen molar-refractivity contribution in [2.45, 2.75) is 19.8 Å². The van der Waals surface area contributed by atoms with Crippen LogP contribution < -0.4 is 5.32 Å². The quantitative estimate of drug-likeness (QED) is 0.721. The number of carbonyl (C=O) groups is 1. The average molecular weight is 210 g/mol. The summed E-state index contributed by atoms with van der Waals surface area (Å²) < 4.78 is 0. The molecule has 0 aliphatic rings. The van der Waals surface area contributed by atoms with E-state index >= 15 is 0 Å². The van der Waals surface area contributed by atoms with Crippen molar-refractivity contribution in [1.82, 2.24) is 15.0 Å². The van der Waals surface area contributed by atoms with Gasteiger partial charge >= 0.3 is 5.97 Å². The lowest BCUT2D eigenvalue weighted by Gasteiger charge is -2.10. The zero-order valence-corrected chi connectivity index (χ0v) is 8.55. The summed E-state index contributed by atoms with van der Waals surface area (Å²) in [5, 5.41) is 11.5. The zero-order chi connectivity index (χ0) is 11.1. The van der Waals surface area contributed by atoms with E-state index in [4.69, 9.17) is 5.11 Å². The van der Waals surface area contributed by atoms with Gasteiger partial charge < -0.3 is 10.4 Å². The molecule has 0 aliphatic carbocycles. The third-order valence-corrected chi connectivity index (χ3v) is 1.95. The number of nitrogens with one attached hydrogen (secondary N) is 1. The maximum absolute atomic E-state index is 10.3. The molecule has 0 spiro atoms. The van der Waals surface area contributed by atoms with Gasteiger partial charge in [0.1, 0.15) is 12.7 Å². The molecule has 82 valence electrons. The predicted molar refractivity (Wildman–Crippen MR) is 54.4 cm³/mol. The van der Waals surface area contributed by atoms with E-state index in [2.05, 4.69) is 20.3 Å². The Morgan fingerprint density at radius 3 is 2.80 bits per heavy atom. The Morgan fingerprint density at radius 1 is 1.53 bits per heavy atom. The summed E-state index contributed by atoms with van der Waals surface area (Å²) in [6.07, 6.45) is 3.67. The fourth-order valence-corrected chi connectivity index (χ4v) is 1.07. The van der Waals surface area contributed by atoms with Crippen LogP contribution in [-0.4, -0.2) is 32.6 Å². The number of hydrogen-bond acceptors (Lipinski definition) is 5. The standard InChI is InChI=1S/C9H14N4O2/c1-7(2-3-8(14)15)4-11-9-12-5-10-6-13-9/h5-7H,2-4H2,1H3,(H,14,15)(H,10,11,12,13). The molecular weight excluding hydrogens is 196 g/mol. The monoisotopic (exact) mass is 210 g/mol. The molecule has 0 aromatic carbocycles. The van der Waals surface area contributed by atoms with Crippen molar-refractivity contribution in [3.05, 3.63) is 12.7 Å². The van der Waals surface area contributed by atoms with Gasteiger partial charge in [0.15, 0.2) is 0 Å². The van der Waals surface area contributed by atoms with Crippen molar-refractivity contribution < 1.29 is 9.90 Å². The lowest BCUT2D eigenvalue weighted by atomic mass is 10.1. The van der Waals surface area contributed by atoms with Crippen molar-refractivity contribution in [1.29, 1.82) is 0 Å². The van der Waals surface area contributed by atoms with Gasteiger partial charge in [-0.15, -0.1) is 0 Å². The van der Waals surface area contributed by atoms with E-state index in [0.29, 0.717) is 18.9 Å². The van der Waals surface area contributed by atoms with E-state index in [-0.39, 0.29) is 12.3 Å². The summed E-state index contributed by atoms with van der Waals surface area (Å²) in [6.45, 7) is 2.65. The number of aliphatic carboxylic acids is 1. The number of carboxylic acid groups (broad SMARTS) is 1. The molecule has 15 heavy (non-hydrogen) atoms. The number of hydrogen-bond donors (Lipinski definition) is 2. The van der Waals surface area contributed by atoms with Crippen LogP contribution in [0.25, 0.3) is 0 Å². The lowest BCUT2D eigenvalue weighted by molar-refractivity contribution is -0.137. The fourth-order valence-electron chi connectivity index (χ4n) is 1.07. The Morgan fingerprint density at radius 2 is 2.20 bits per heavy atom. The van der Waals surface area contributed by atoms with Crippen LogP contribution in [0.2, 0.25) is 0 Å². The summed E-state index contributed by atoms with van der Waals surface area (Å²) in [7, 11) is 0. The first-order valence-corrected chi connectivity index (χ1v) is 4.76. The molecule has 1 unspecified atom stereocenters. The van der Waals surface area contributed by atoms with Crippen molar-refractivity contribution >= 4 is 11.9 Å². The molecule has 1 atom stereocenters. The first kappa shape index (κ1) is 11.4. The van der Waals surface area contributed by atoms with Gasteiger partial charge in [0, 0.05) is 13.0 Å². The number of nitrogens with zero attached hydrogens (tertiary/aromatic N) is 3. The Labute approximate surface area is 87.8 Å². The van der Waals surface area contributed by atoms with E-state index in [0.717, 1.165) is 0 Å². The van der Waals surface area contributed by atoms with E-state index < -0.39 is 5.97 Å². The van der Waals surface area contributed by atoms with Crippen molar-refractivity contribution in [3.8, 4) is 0 Å². The van der Waals surface area contributed by atoms with Gasteiger partial charge in [0.25, 0.3) is 0 Å². The van der Waals surface area contributed by atoms with Crippen LogP contribution in [-0.2, 0) is 4.79 Å². The molecule has 2 N–H and O–H groups in total. The van der Waals surface area contributed by atoms with Crippen molar-refractivity contribution in [2.75, 3.05) is 11.9 Å². The van der Waals surface area contributed by atoms with E-state index in [9.17, 15) is 4.79 Å². The zero-order valence-electron chi connectivity index (χ0n) is 8.55. The van der Waals surface area contributed by atoms with Gasteiger partial charge in [-0.2, -0.15) is 0 Å². The van der Waals surface area contributed by atoms with Crippen LogP contribution in [0.3, 0.4) is 0 Å². The first-order valence-electron chi connectivity index (χ1n) is 4.76. The molecule has 0 bridgehead atoms. The highest BCUT2D eigenvalue weighted by atomic mass is 16.4. The molecular formula is C9H14N4O2. The molecule has 0 amide bonds. The number of anilines is 1. The second kappa shape index (κ2) is 5.90. The molecule has 0 aliphatic heterocycles. The van der Waals surface area contributed by atoms with Crippen LogP contribution in [0.15, 0.2) is 12.7 Å². The Hall–Kier alpha value is -1.72. The van der Waals surface area contributed by atoms with Crippen LogP contribution in [0, 0.1) is 5.92 Å². The minimum Gasteiger partial charge on any atom is -0.481 e. The molecule has 6 heteroatoms. The molecule has 1 aromatic rings. The predicted octanol–water partition coefficient (Wildman–Crippen LogP) is 0.784. The summed E-state index contributed by atoms with van der Waals surface area (Å²) in [5.41, 5.74) is 0. The van der Waals surface area contributed by atoms with Crippen LogP contribution in [0.4, 0.5) is 5.95 Å². The van der Waals surface area contributed by atoms with E-state index in [1.54, 1.807) is 0 Å². The van der Waals surface area contributed by atoms with Gasteiger partial charge in [-0.1, -0.05) is 6.92 Å². The molecule has 0 fully saturated rings. The molecule has 0 saturated carbocycles. The number of aromatic nitrogens is 3. The topological polar surface area (TPSA) is 88.0 Å². The van der Waals surface area contributed by atoms with Crippen molar-refractivity contribution in [3.63, 3.8) is 0 Å². The van der Waals surface area contributed by atoms with E-state index in [1.165, 1.54) is 12.7 Å². The summed E-state index contributed by atoms with van der Waals surface area (Å²) in [5.74, 6) is 0.0343. The summed E-state index contributed by atoms with van der Waals surface area (Å²) in [4.78, 5) is 21.8. The SMILES string of the molecule is CC(CCC(=O)O)CNc1ncncn1. The Balaban J connectivity index is 2.22. The van der Waals surface area contributed by atoms with Gasteiger partial charge in [0.2, 0.25) is 5.95 Å². The molecule has 0 radical (unpaired) electrons. The third-order valence-electron chi connectivity index (χ3n) is 1.95. The van der Waals surface area contributed by atoms with Gasteiger partial charge in [-0.05, 0) is 12.3 Å². The highest BCUT2D eigenvalue weighted by Crippen LogP contribution is 2.06. The maximum atomic E-state index is 10.3. The fraction of sp³-hybridized carbons (Fsp3) is 0.556. The Kier molecular flexibility index (Phi) is 4.46.